The lowest BCUT2D eigenvalue weighted by atomic mass is 10.3. The highest BCUT2D eigenvalue weighted by atomic mass is 32.2. The zero-order valence-electron chi connectivity index (χ0n) is 10.8. The molecule has 1 aromatic carbocycles. The summed E-state index contributed by atoms with van der Waals surface area (Å²) in [6.45, 7) is 4.85. The smallest absolute Gasteiger partial charge is 0.175 e. The molecule has 0 spiro atoms. The van der Waals surface area contributed by atoms with Crippen molar-refractivity contribution in [2.45, 2.75) is 24.8 Å². The number of nitrogens with two attached hydrogens (primary N) is 1. The van der Waals surface area contributed by atoms with Crippen molar-refractivity contribution in [3.05, 3.63) is 18.2 Å². The highest BCUT2D eigenvalue weighted by Gasteiger charge is 2.12. The van der Waals surface area contributed by atoms with Gasteiger partial charge in [-0.25, -0.2) is 8.42 Å². The molecule has 2 N–H and O–H groups in total. The summed E-state index contributed by atoms with van der Waals surface area (Å²) in [5, 5.41) is 0. The minimum absolute atomic E-state index is 0.142. The number of nitrogen functional groups attached to an aromatic ring is 1. The Morgan fingerprint density at radius 2 is 2.06 bits per heavy atom. The first-order valence-corrected chi connectivity index (χ1v) is 7.57. The summed E-state index contributed by atoms with van der Waals surface area (Å²) in [5.41, 5.74) is 6.07. The van der Waals surface area contributed by atoms with Gasteiger partial charge in [-0.3, -0.25) is 0 Å². The fourth-order valence-electron chi connectivity index (χ4n) is 1.40. The first-order chi connectivity index (χ1) is 8.34. The van der Waals surface area contributed by atoms with Crippen LogP contribution in [0.2, 0.25) is 0 Å². The Hall–Kier alpha value is -1.27. The van der Waals surface area contributed by atoms with E-state index in [0.717, 1.165) is 6.26 Å². The van der Waals surface area contributed by atoms with Crippen LogP contribution in [0.3, 0.4) is 0 Å². The van der Waals surface area contributed by atoms with Crippen LogP contribution in [0, 0.1) is 0 Å². The van der Waals surface area contributed by atoms with Crippen LogP contribution in [0.5, 0.6) is 5.75 Å². The fraction of sp³-hybridized carbons (Fsp3) is 0.500. The molecular weight excluding hydrogens is 254 g/mol. The summed E-state index contributed by atoms with van der Waals surface area (Å²) in [6, 6.07) is 4.45. The van der Waals surface area contributed by atoms with Crippen LogP contribution in [0.15, 0.2) is 23.1 Å². The third-order valence-corrected chi connectivity index (χ3v) is 3.40. The molecule has 0 bridgehead atoms. The molecule has 0 fully saturated rings. The van der Waals surface area contributed by atoms with Crippen molar-refractivity contribution in [3.63, 3.8) is 0 Å². The first kappa shape index (κ1) is 14.8. The molecule has 0 saturated carbocycles. The van der Waals surface area contributed by atoms with Gasteiger partial charge in [0.05, 0.1) is 17.2 Å². The van der Waals surface area contributed by atoms with Crippen molar-refractivity contribution in [2.24, 2.45) is 0 Å². The van der Waals surface area contributed by atoms with Crippen molar-refractivity contribution in [1.82, 2.24) is 0 Å². The molecule has 1 rings (SSSR count). The molecule has 18 heavy (non-hydrogen) atoms. The van der Waals surface area contributed by atoms with E-state index >= 15 is 0 Å². The van der Waals surface area contributed by atoms with Gasteiger partial charge in [0.1, 0.15) is 11.9 Å². The predicted molar refractivity (Wildman–Crippen MR) is 70.5 cm³/mol. The average Bonchev–Trinajstić information content (AvgIpc) is 2.27. The van der Waals surface area contributed by atoms with E-state index in [1.165, 1.54) is 12.1 Å². The zero-order chi connectivity index (χ0) is 13.8. The molecule has 102 valence electrons. The first-order valence-electron chi connectivity index (χ1n) is 5.68. The molecule has 0 heterocycles. The van der Waals surface area contributed by atoms with Gasteiger partial charge in [0.2, 0.25) is 0 Å². The summed E-state index contributed by atoms with van der Waals surface area (Å²) < 4.78 is 33.5. The Morgan fingerprint density at radius 3 is 2.56 bits per heavy atom. The summed E-state index contributed by atoms with van der Waals surface area (Å²) in [7, 11) is -3.24. The predicted octanol–water partition coefficient (Wildman–Crippen LogP) is 1.48. The van der Waals surface area contributed by atoms with Crippen molar-refractivity contribution in [3.8, 4) is 5.75 Å². The highest BCUT2D eigenvalue weighted by Crippen LogP contribution is 2.25. The minimum Gasteiger partial charge on any atom is -0.486 e. The monoisotopic (exact) mass is 273 g/mol. The number of benzene rings is 1. The second-order valence-corrected chi connectivity index (χ2v) is 6.08. The van der Waals surface area contributed by atoms with Crippen molar-refractivity contribution >= 4 is 15.5 Å². The molecule has 0 amide bonds. The lowest BCUT2D eigenvalue weighted by Crippen LogP contribution is -2.19. The van der Waals surface area contributed by atoms with Gasteiger partial charge in [0.15, 0.2) is 9.84 Å². The van der Waals surface area contributed by atoms with Crippen LogP contribution in [-0.2, 0) is 14.6 Å². The lowest BCUT2D eigenvalue weighted by molar-refractivity contribution is 0.0661. The standard InChI is InChI=1S/C12H19NO4S/c1-4-16-8-9(2)17-12-6-5-10(7-11(12)13)18(3,14)15/h5-7,9H,4,8,13H2,1-3H3. The molecule has 0 aliphatic heterocycles. The third kappa shape index (κ3) is 4.19. The Kier molecular flexibility index (Phi) is 4.98. The molecule has 0 aliphatic rings. The van der Waals surface area contributed by atoms with E-state index in [0.29, 0.717) is 24.7 Å². The molecule has 5 nitrogen and oxygen atoms in total. The van der Waals surface area contributed by atoms with Crippen molar-refractivity contribution in [1.29, 1.82) is 0 Å². The maximum atomic E-state index is 11.3. The minimum atomic E-state index is -3.24. The number of ether oxygens (including phenoxy) is 2. The second kappa shape index (κ2) is 6.06. The molecular formula is C12H19NO4S. The van der Waals surface area contributed by atoms with Gasteiger partial charge in [-0.05, 0) is 32.0 Å². The molecule has 1 atom stereocenters. The summed E-state index contributed by atoms with van der Waals surface area (Å²) in [5.74, 6) is 0.467. The Balaban J connectivity index is 2.80. The number of hydrogen-bond donors (Lipinski definition) is 1. The number of sulfone groups is 1. The average molecular weight is 273 g/mol. The maximum absolute atomic E-state index is 11.3. The zero-order valence-corrected chi connectivity index (χ0v) is 11.7. The molecule has 0 aromatic heterocycles. The van der Waals surface area contributed by atoms with E-state index in [1.807, 2.05) is 13.8 Å². The molecule has 0 aliphatic carbocycles. The van der Waals surface area contributed by atoms with Crippen LogP contribution in [0.25, 0.3) is 0 Å². The van der Waals surface area contributed by atoms with Crippen LogP contribution in [0.4, 0.5) is 5.69 Å². The summed E-state index contributed by atoms with van der Waals surface area (Å²) in [6.07, 6.45) is 0.997. The van der Waals surface area contributed by atoms with Gasteiger partial charge in [0, 0.05) is 12.9 Å². The van der Waals surface area contributed by atoms with Crippen LogP contribution in [0.1, 0.15) is 13.8 Å². The van der Waals surface area contributed by atoms with Crippen molar-refractivity contribution < 1.29 is 17.9 Å². The molecule has 0 radical (unpaired) electrons. The maximum Gasteiger partial charge on any atom is 0.175 e. The van der Waals surface area contributed by atoms with Crippen molar-refractivity contribution in [2.75, 3.05) is 25.2 Å². The summed E-state index contributed by atoms with van der Waals surface area (Å²) >= 11 is 0. The van der Waals surface area contributed by atoms with Gasteiger partial charge in [-0.2, -0.15) is 0 Å². The SMILES string of the molecule is CCOCC(C)Oc1ccc(S(C)(=O)=O)cc1N. The topological polar surface area (TPSA) is 78.6 Å². The van der Waals surface area contributed by atoms with E-state index in [4.69, 9.17) is 15.2 Å². The number of rotatable bonds is 6. The fourth-order valence-corrected chi connectivity index (χ4v) is 2.06. The van der Waals surface area contributed by atoms with Gasteiger partial charge < -0.3 is 15.2 Å². The number of hydrogen-bond acceptors (Lipinski definition) is 5. The molecule has 1 unspecified atom stereocenters. The van der Waals surface area contributed by atoms with Gasteiger partial charge in [-0.1, -0.05) is 0 Å². The van der Waals surface area contributed by atoms with E-state index in [9.17, 15) is 8.42 Å². The molecule has 0 saturated heterocycles. The largest absolute Gasteiger partial charge is 0.486 e. The van der Waals surface area contributed by atoms with Gasteiger partial charge in [-0.15, -0.1) is 0 Å². The third-order valence-electron chi connectivity index (χ3n) is 2.29. The Bertz CT molecular complexity index is 499. The Labute approximate surface area is 108 Å². The highest BCUT2D eigenvalue weighted by molar-refractivity contribution is 7.90. The van der Waals surface area contributed by atoms with Gasteiger partial charge in [0.25, 0.3) is 0 Å². The van der Waals surface area contributed by atoms with E-state index in [1.54, 1.807) is 6.07 Å². The van der Waals surface area contributed by atoms with E-state index in [-0.39, 0.29) is 11.0 Å². The van der Waals surface area contributed by atoms with Gasteiger partial charge >= 0.3 is 0 Å². The summed E-state index contributed by atoms with van der Waals surface area (Å²) in [4.78, 5) is 0.185. The van der Waals surface area contributed by atoms with Crippen LogP contribution in [-0.4, -0.2) is 34.0 Å². The quantitative estimate of drug-likeness (QED) is 0.794. The molecule has 1 aromatic rings. The molecule has 6 heteroatoms. The second-order valence-electron chi connectivity index (χ2n) is 4.06. The van der Waals surface area contributed by atoms with E-state index < -0.39 is 9.84 Å². The van der Waals surface area contributed by atoms with E-state index in [2.05, 4.69) is 0 Å². The van der Waals surface area contributed by atoms with Crippen LogP contribution >= 0.6 is 0 Å². The lowest BCUT2D eigenvalue weighted by Gasteiger charge is -2.16. The number of anilines is 1. The Morgan fingerprint density at radius 1 is 1.39 bits per heavy atom. The normalized spacial score (nSPS) is 13.3. The van der Waals surface area contributed by atoms with Crippen LogP contribution < -0.4 is 10.5 Å².